The summed E-state index contributed by atoms with van der Waals surface area (Å²) in [6.45, 7) is 0. The van der Waals surface area contributed by atoms with Gasteiger partial charge in [-0.05, 0) is 12.8 Å². The van der Waals surface area contributed by atoms with Crippen LogP contribution < -0.4 is 11.1 Å². The maximum atomic E-state index is 11.4. The van der Waals surface area contributed by atoms with Crippen molar-refractivity contribution in [1.29, 1.82) is 0 Å². The van der Waals surface area contributed by atoms with Crippen LogP contribution in [0.1, 0.15) is 12.8 Å². The van der Waals surface area contributed by atoms with Crippen molar-refractivity contribution in [2.45, 2.75) is 17.2 Å². The van der Waals surface area contributed by atoms with E-state index in [4.69, 9.17) is 5.73 Å². The lowest BCUT2D eigenvalue weighted by Gasteiger charge is -1.96. The molecule has 1 saturated carbocycles. The predicted octanol–water partition coefficient (Wildman–Crippen LogP) is 0.464. The minimum Gasteiger partial charge on any atom is -0.369 e. The van der Waals surface area contributed by atoms with Gasteiger partial charge < -0.3 is 11.1 Å². The van der Waals surface area contributed by atoms with Gasteiger partial charge in [0.05, 0.1) is 5.75 Å². The van der Waals surface area contributed by atoms with Crippen LogP contribution in [0.3, 0.4) is 0 Å². The zero-order chi connectivity index (χ0) is 11.5. The standard InChI is InChI=1S/C8H10N4O2S2/c9-5(13)3-15-8-12-11-7(16-8)10-6(14)4-1-2-4/h4H,1-3H2,(H2,9,13)(H,10,11,14). The minimum atomic E-state index is -0.399. The topological polar surface area (TPSA) is 98.0 Å². The molecular weight excluding hydrogens is 248 g/mol. The van der Waals surface area contributed by atoms with Crippen molar-refractivity contribution in [2.75, 3.05) is 11.1 Å². The number of nitrogens with one attached hydrogen (secondary N) is 1. The van der Waals surface area contributed by atoms with E-state index in [9.17, 15) is 9.59 Å². The van der Waals surface area contributed by atoms with E-state index in [0.29, 0.717) is 9.47 Å². The molecule has 1 fully saturated rings. The Balaban J connectivity index is 1.86. The van der Waals surface area contributed by atoms with Gasteiger partial charge in [-0.2, -0.15) is 0 Å². The highest BCUT2D eigenvalue weighted by atomic mass is 32.2. The summed E-state index contributed by atoms with van der Waals surface area (Å²) in [4.78, 5) is 21.9. The summed E-state index contributed by atoms with van der Waals surface area (Å²) >= 11 is 2.47. The summed E-state index contributed by atoms with van der Waals surface area (Å²) in [6, 6.07) is 0. The zero-order valence-corrected chi connectivity index (χ0v) is 9.94. The third-order valence-corrected chi connectivity index (χ3v) is 3.92. The SMILES string of the molecule is NC(=O)CSc1nnc(NC(=O)C2CC2)s1. The van der Waals surface area contributed by atoms with Crippen LogP contribution in [0.4, 0.5) is 5.13 Å². The average molecular weight is 258 g/mol. The number of aromatic nitrogens is 2. The van der Waals surface area contributed by atoms with Gasteiger partial charge in [-0.3, -0.25) is 9.59 Å². The van der Waals surface area contributed by atoms with Crippen LogP contribution in [0.2, 0.25) is 0 Å². The first-order valence-electron chi connectivity index (χ1n) is 4.70. The lowest BCUT2D eigenvalue weighted by atomic mass is 10.4. The lowest BCUT2D eigenvalue weighted by molar-refractivity contribution is -0.117. The van der Waals surface area contributed by atoms with E-state index in [1.54, 1.807) is 0 Å². The molecule has 0 aromatic carbocycles. The van der Waals surface area contributed by atoms with Gasteiger partial charge in [0, 0.05) is 5.92 Å². The van der Waals surface area contributed by atoms with Gasteiger partial charge in [-0.25, -0.2) is 0 Å². The second-order valence-electron chi connectivity index (χ2n) is 3.39. The average Bonchev–Trinajstić information content (AvgIpc) is 2.98. The quantitative estimate of drug-likeness (QED) is 0.590. The Bertz CT molecular complexity index is 416. The number of rotatable bonds is 5. The molecule has 0 saturated heterocycles. The van der Waals surface area contributed by atoms with Crippen LogP contribution in [-0.2, 0) is 9.59 Å². The van der Waals surface area contributed by atoms with E-state index >= 15 is 0 Å². The fraction of sp³-hybridized carbons (Fsp3) is 0.500. The number of carbonyl (C=O) groups excluding carboxylic acids is 2. The molecule has 2 rings (SSSR count). The molecule has 6 nitrogen and oxygen atoms in total. The fourth-order valence-electron chi connectivity index (χ4n) is 1.00. The van der Waals surface area contributed by atoms with Gasteiger partial charge in [0.2, 0.25) is 16.9 Å². The van der Waals surface area contributed by atoms with Crippen LogP contribution in [0, 0.1) is 5.92 Å². The van der Waals surface area contributed by atoms with Crippen molar-refractivity contribution < 1.29 is 9.59 Å². The molecule has 1 aliphatic carbocycles. The minimum absolute atomic E-state index is 0.00241. The van der Waals surface area contributed by atoms with E-state index in [0.717, 1.165) is 12.8 Å². The third-order valence-electron chi connectivity index (χ3n) is 1.92. The Morgan fingerprint density at radius 1 is 1.50 bits per heavy atom. The first kappa shape index (κ1) is 11.3. The first-order chi connectivity index (χ1) is 7.65. The van der Waals surface area contributed by atoms with E-state index in [2.05, 4.69) is 15.5 Å². The molecule has 0 atom stereocenters. The van der Waals surface area contributed by atoms with Gasteiger partial charge in [0.1, 0.15) is 0 Å². The van der Waals surface area contributed by atoms with Gasteiger partial charge >= 0.3 is 0 Å². The molecule has 3 N–H and O–H groups in total. The number of hydrogen-bond donors (Lipinski definition) is 2. The van der Waals surface area contributed by atoms with E-state index < -0.39 is 5.91 Å². The summed E-state index contributed by atoms with van der Waals surface area (Å²) in [6.07, 6.45) is 1.90. The lowest BCUT2D eigenvalue weighted by Crippen LogP contribution is -2.12. The molecule has 2 amide bonds. The molecular formula is C8H10N4O2S2. The van der Waals surface area contributed by atoms with Crippen molar-refractivity contribution in [3.8, 4) is 0 Å². The fourth-order valence-corrected chi connectivity index (χ4v) is 2.50. The van der Waals surface area contributed by atoms with Crippen molar-refractivity contribution >= 4 is 40.0 Å². The van der Waals surface area contributed by atoms with Gasteiger partial charge in [-0.15, -0.1) is 10.2 Å². The van der Waals surface area contributed by atoms with Crippen molar-refractivity contribution in [3.05, 3.63) is 0 Å². The molecule has 0 bridgehead atoms. The molecule has 0 radical (unpaired) electrons. The predicted molar refractivity (Wildman–Crippen MR) is 61.2 cm³/mol. The summed E-state index contributed by atoms with van der Waals surface area (Å²) in [5.41, 5.74) is 5.00. The Morgan fingerprint density at radius 3 is 2.88 bits per heavy atom. The Kier molecular flexibility index (Phi) is 3.39. The van der Waals surface area contributed by atoms with Crippen LogP contribution in [0.5, 0.6) is 0 Å². The second-order valence-corrected chi connectivity index (χ2v) is 5.59. The first-order valence-corrected chi connectivity index (χ1v) is 6.51. The zero-order valence-electron chi connectivity index (χ0n) is 8.30. The van der Waals surface area contributed by atoms with Crippen molar-refractivity contribution in [3.63, 3.8) is 0 Å². The van der Waals surface area contributed by atoms with E-state index in [1.807, 2.05) is 0 Å². The van der Waals surface area contributed by atoms with E-state index in [1.165, 1.54) is 23.1 Å². The highest BCUT2D eigenvalue weighted by molar-refractivity contribution is 8.01. The molecule has 1 aliphatic rings. The Morgan fingerprint density at radius 2 is 2.25 bits per heavy atom. The van der Waals surface area contributed by atoms with Crippen molar-refractivity contribution in [1.82, 2.24) is 10.2 Å². The van der Waals surface area contributed by atoms with Crippen LogP contribution in [-0.4, -0.2) is 27.8 Å². The molecule has 8 heteroatoms. The van der Waals surface area contributed by atoms with E-state index in [-0.39, 0.29) is 17.6 Å². The maximum absolute atomic E-state index is 11.4. The van der Waals surface area contributed by atoms with Gasteiger partial charge in [-0.1, -0.05) is 23.1 Å². The molecule has 1 heterocycles. The summed E-state index contributed by atoms with van der Waals surface area (Å²) in [5, 5.41) is 10.8. The number of anilines is 1. The number of thioether (sulfide) groups is 1. The van der Waals surface area contributed by atoms with Gasteiger partial charge in [0.25, 0.3) is 0 Å². The highest BCUT2D eigenvalue weighted by Crippen LogP contribution is 2.31. The summed E-state index contributed by atoms with van der Waals surface area (Å²) in [7, 11) is 0. The largest absolute Gasteiger partial charge is 0.369 e. The van der Waals surface area contributed by atoms with Gasteiger partial charge in [0.15, 0.2) is 4.34 Å². The number of hydrogen-bond acceptors (Lipinski definition) is 6. The number of nitrogens with two attached hydrogens (primary N) is 1. The molecule has 1 aromatic heterocycles. The Hall–Kier alpha value is -1.15. The molecule has 1 aromatic rings. The van der Waals surface area contributed by atoms with Crippen molar-refractivity contribution in [2.24, 2.45) is 11.7 Å². The Labute approximate surface area is 100.0 Å². The third kappa shape index (κ3) is 3.17. The monoisotopic (exact) mass is 258 g/mol. The summed E-state index contributed by atoms with van der Waals surface area (Å²) < 4.78 is 0.630. The normalized spacial score (nSPS) is 14.8. The van der Waals surface area contributed by atoms with Crippen LogP contribution in [0.25, 0.3) is 0 Å². The number of primary amides is 1. The number of carbonyl (C=O) groups is 2. The second kappa shape index (κ2) is 4.79. The molecule has 0 unspecified atom stereocenters. The maximum Gasteiger partial charge on any atom is 0.229 e. The molecule has 16 heavy (non-hydrogen) atoms. The molecule has 0 aliphatic heterocycles. The molecule has 86 valence electrons. The smallest absolute Gasteiger partial charge is 0.229 e. The van der Waals surface area contributed by atoms with Crippen LogP contribution in [0.15, 0.2) is 4.34 Å². The highest BCUT2D eigenvalue weighted by Gasteiger charge is 2.30. The summed E-state index contributed by atoms with van der Waals surface area (Å²) in [5.74, 6) is -0.0810. The number of amides is 2. The molecule has 0 spiro atoms. The number of nitrogens with zero attached hydrogens (tertiary/aromatic N) is 2. The van der Waals surface area contributed by atoms with Crippen LogP contribution >= 0.6 is 23.1 Å².